The maximum absolute atomic E-state index is 10.6. The first-order chi connectivity index (χ1) is 7.13. The number of aryl methyl sites for hydroxylation is 1. The zero-order chi connectivity index (χ0) is 11.3. The molecule has 0 unspecified atom stereocenters. The quantitative estimate of drug-likeness (QED) is 0.824. The molecular weight excluding hydrogens is 190 g/mol. The van der Waals surface area contributed by atoms with Gasteiger partial charge >= 0.3 is 6.09 Å². The van der Waals surface area contributed by atoms with Crippen LogP contribution in [0.1, 0.15) is 24.5 Å². The van der Waals surface area contributed by atoms with Crippen molar-refractivity contribution < 1.29 is 9.90 Å². The molecule has 1 amide bonds. The third kappa shape index (κ3) is 3.62. The largest absolute Gasteiger partial charge is 0.465 e. The Hall–Kier alpha value is -1.51. The fourth-order valence-electron chi connectivity index (χ4n) is 1.44. The molecule has 1 aromatic rings. The molecule has 0 saturated carbocycles. The van der Waals surface area contributed by atoms with Crippen molar-refractivity contribution >= 4 is 6.09 Å². The van der Waals surface area contributed by atoms with Gasteiger partial charge in [0.05, 0.1) is 0 Å². The summed E-state index contributed by atoms with van der Waals surface area (Å²) in [5.74, 6) is 0. The second kappa shape index (κ2) is 5.39. The van der Waals surface area contributed by atoms with Crippen LogP contribution in [0.5, 0.6) is 0 Å². The van der Waals surface area contributed by atoms with Crippen LogP contribution in [0.3, 0.4) is 0 Å². The van der Waals surface area contributed by atoms with Gasteiger partial charge in [-0.05, 0) is 17.5 Å². The van der Waals surface area contributed by atoms with E-state index in [4.69, 9.17) is 5.11 Å². The van der Waals surface area contributed by atoms with Crippen molar-refractivity contribution in [2.45, 2.75) is 26.3 Å². The van der Waals surface area contributed by atoms with Gasteiger partial charge in [-0.2, -0.15) is 0 Å². The van der Waals surface area contributed by atoms with E-state index in [-0.39, 0.29) is 0 Å². The lowest BCUT2D eigenvalue weighted by molar-refractivity contribution is 0.154. The van der Waals surface area contributed by atoms with Gasteiger partial charge in [-0.1, -0.05) is 37.6 Å². The van der Waals surface area contributed by atoms with Crippen molar-refractivity contribution in [1.82, 2.24) is 4.90 Å². The van der Waals surface area contributed by atoms with Gasteiger partial charge in [0.25, 0.3) is 0 Å². The SMILES string of the molecule is CCCc1ccc(CN(C)C(=O)O)cc1. The standard InChI is InChI=1S/C12H17NO2/c1-3-4-10-5-7-11(8-6-10)9-13(2)12(14)15/h5-8H,3-4,9H2,1-2H3,(H,14,15). The molecule has 0 fully saturated rings. The van der Waals surface area contributed by atoms with Crippen molar-refractivity contribution in [3.8, 4) is 0 Å². The molecule has 3 nitrogen and oxygen atoms in total. The van der Waals surface area contributed by atoms with Crippen molar-refractivity contribution in [3.05, 3.63) is 35.4 Å². The number of amides is 1. The van der Waals surface area contributed by atoms with E-state index < -0.39 is 6.09 Å². The van der Waals surface area contributed by atoms with E-state index >= 15 is 0 Å². The summed E-state index contributed by atoms with van der Waals surface area (Å²) in [6.07, 6.45) is 1.32. The third-order valence-electron chi connectivity index (χ3n) is 2.31. The van der Waals surface area contributed by atoms with Gasteiger partial charge in [0.15, 0.2) is 0 Å². The van der Waals surface area contributed by atoms with Crippen LogP contribution in [-0.4, -0.2) is 23.1 Å². The van der Waals surface area contributed by atoms with Crippen LogP contribution < -0.4 is 0 Å². The normalized spacial score (nSPS) is 10.0. The van der Waals surface area contributed by atoms with Crippen molar-refractivity contribution in [1.29, 1.82) is 0 Å². The second-order valence-corrected chi connectivity index (χ2v) is 3.71. The summed E-state index contributed by atoms with van der Waals surface area (Å²) in [4.78, 5) is 11.9. The number of hydrogen-bond acceptors (Lipinski definition) is 1. The third-order valence-corrected chi connectivity index (χ3v) is 2.31. The first-order valence-corrected chi connectivity index (χ1v) is 5.15. The Morgan fingerprint density at radius 1 is 1.27 bits per heavy atom. The van der Waals surface area contributed by atoms with Crippen LogP contribution in [0, 0.1) is 0 Å². The van der Waals surface area contributed by atoms with Gasteiger partial charge in [-0.3, -0.25) is 0 Å². The van der Waals surface area contributed by atoms with E-state index in [1.807, 2.05) is 12.1 Å². The van der Waals surface area contributed by atoms with Crippen LogP contribution in [0.25, 0.3) is 0 Å². The predicted octanol–water partition coefficient (Wildman–Crippen LogP) is 2.75. The van der Waals surface area contributed by atoms with E-state index in [0.29, 0.717) is 6.54 Å². The lowest BCUT2D eigenvalue weighted by Crippen LogP contribution is -2.23. The lowest BCUT2D eigenvalue weighted by atomic mass is 10.1. The first-order valence-electron chi connectivity index (χ1n) is 5.15. The Labute approximate surface area is 90.3 Å². The highest BCUT2D eigenvalue weighted by Gasteiger charge is 2.05. The van der Waals surface area contributed by atoms with Gasteiger partial charge < -0.3 is 10.0 Å². The summed E-state index contributed by atoms with van der Waals surface area (Å²) in [6.45, 7) is 2.59. The van der Waals surface area contributed by atoms with Crippen LogP contribution in [0.15, 0.2) is 24.3 Å². The molecule has 0 atom stereocenters. The fraction of sp³-hybridized carbons (Fsp3) is 0.417. The minimum Gasteiger partial charge on any atom is -0.465 e. The molecular formula is C12H17NO2. The Bertz CT molecular complexity index is 319. The average molecular weight is 207 g/mol. The molecule has 1 rings (SSSR count). The van der Waals surface area contributed by atoms with Gasteiger partial charge in [0, 0.05) is 13.6 Å². The molecule has 1 N–H and O–H groups in total. The van der Waals surface area contributed by atoms with Crippen LogP contribution >= 0.6 is 0 Å². The van der Waals surface area contributed by atoms with E-state index in [9.17, 15) is 4.79 Å². The fourth-order valence-corrected chi connectivity index (χ4v) is 1.44. The predicted molar refractivity (Wildman–Crippen MR) is 59.9 cm³/mol. The molecule has 0 aliphatic heterocycles. The van der Waals surface area contributed by atoms with Gasteiger partial charge in [0.2, 0.25) is 0 Å². The minimum atomic E-state index is -0.896. The van der Waals surface area contributed by atoms with Crippen molar-refractivity contribution in [2.75, 3.05) is 7.05 Å². The van der Waals surface area contributed by atoms with E-state index in [1.54, 1.807) is 7.05 Å². The maximum Gasteiger partial charge on any atom is 0.407 e. The van der Waals surface area contributed by atoms with Crippen molar-refractivity contribution in [3.63, 3.8) is 0 Å². The van der Waals surface area contributed by atoms with Gasteiger partial charge in [0.1, 0.15) is 0 Å². The summed E-state index contributed by atoms with van der Waals surface area (Å²) in [6, 6.07) is 8.11. The smallest absolute Gasteiger partial charge is 0.407 e. The summed E-state index contributed by atoms with van der Waals surface area (Å²) < 4.78 is 0. The molecule has 15 heavy (non-hydrogen) atoms. The highest BCUT2D eigenvalue weighted by Crippen LogP contribution is 2.08. The maximum atomic E-state index is 10.6. The molecule has 0 heterocycles. The molecule has 0 aliphatic rings. The van der Waals surface area contributed by atoms with Crippen LogP contribution in [0.2, 0.25) is 0 Å². The molecule has 3 heteroatoms. The summed E-state index contributed by atoms with van der Waals surface area (Å²) in [5, 5.41) is 8.71. The summed E-state index contributed by atoms with van der Waals surface area (Å²) >= 11 is 0. The van der Waals surface area contributed by atoms with Crippen LogP contribution in [-0.2, 0) is 13.0 Å². The Balaban J connectivity index is 2.60. The Kier molecular flexibility index (Phi) is 4.16. The minimum absolute atomic E-state index is 0.446. The summed E-state index contributed by atoms with van der Waals surface area (Å²) in [7, 11) is 1.57. The van der Waals surface area contributed by atoms with E-state index in [2.05, 4.69) is 19.1 Å². The van der Waals surface area contributed by atoms with Gasteiger partial charge in [-0.25, -0.2) is 4.79 Å². The average Bonchev–Trinajstić information content (AvgIpc) is 2.21. The number of carbonyl (C=O) groups is 1. The zero-order valence-electron chi connectivity index (χ0n) is 9.23. The zero-order valence-corrected chi connectivity index (χ0v) is 9.23. The first kappa shape index (κ1) is 11.6. The second-order valence-electron chi connectivity index (χ2n) is 3.71. The molecule has 0 radical (unpaired) electrons. The Morgan fingerprint density at radius 3 is 2.27 bits per heavy atom. The van der Waals surface area contributed by atoms with Gasteiger partial charge in [-0.15, -0.1) is 0 Å². The molecule has 0 bridgehead atoms. The lowest BCUT2D eigenvalue weighted by Gasteiger charge is -2.12. The van der Waals surface area contributed by atoms with Crippen molar-refractivity contribution in [2.24, 2.45) is 0 Å². The molecule has 0 aromatic heterocycles. The topological polar surface area (TPSA) is 40.5 Å². The molecule has 0 aliphatic carbocycles. The number of nitrogens with zero attached hydrogens (tertiary/aromatic N) is 1. The number of benzene rings is 1. The van der Waals surface area contributed by atoms with E-state index in [0.717, 1.165) is 18.4 Å². The highest BCUT2D eigenvalue weighted by molar-refractivity contribution is 5.64. The van der Waals surface area contributed by atoms with E-state index in [1.165, 1.54) is 10.5 Å². The molecule has 1 aromatic carbocycles. The highest BCUT2D eigenvalue weighted by atomic mass is 16.4. The summed E-state index contributed by atoms with van der Waals surface area (Å²) in [5.41, 5.74) is 2.33. The monoisotopic (exact) mass is 207 g/mol. The Morgan fingerprint density at radius 2 is 1.80 bits per heavy atom. The molecule has 82 valence electrons. The molecule has 0 saturated heterocycles. The van der Waals surface area contributed by atoms with Crippen LogP contribution in [0.4, 0.5) is 4.79 Å². The molecule has 0 spiro atoms. The number of rotatable bonds is 4. The number of carboxylic acid groups (broad SMARTS) is 1. The number of hydrogen-bond donors (Lipinski definition) is 1.